The third kappa shape index (κ3) is 4.42. The Bertz CT molecular complexity index is 878. The summed E-state index contributed by atoms with van der Waals surface area (Å²) in [6.45, 7) is 1.29. The summed E-state index contributed by atoms with van der Waals surface area (Å²) in [6, 6.07) is 9.83. The summed E-state index contributed by atoms with van der Waals surface area (Å²) in [5.41, 5.74) is 6.39. The summed E-state index contributed by atoms with van der Waals surface area (Å²) in [5, 5.41) is 25.5. The number of carbonyl (C=O) groups excluding carboxylic acids is 1. The molecule has 2 aromatic rings. The van der Waals surface area contributed by atoms with Crippen LogP contribution in [0.15, 0.2) is 35.7 Å². The summed E-state index contributed by atoms with van der Waals surface area (Å²) in [7, 11) is 0. The molecule has 3 rings (SSSR count). The number of hydrogen-bond acceptors (Lipinski definition) is 7. The van der Waals surface area contributed by atoms with Gasteiger partial charge in [-0.25, -0.2) is 0 Å². The number of rotatable bonds is 7. The van der Waals surface area contributed by atoms with Gasteiger partial charge in [0.15, 0.2) is 0 Å². The van der Waals surface area contributed by atoms with Gasteiger partial charge in [-0.2, -0.15) is 5.26 Å². The van der Waals surface area contributed by atoms with Crippen LogP contribution in [0.3, 0.4) is 0 Å². The maximum atomic E-state index is 11.8. The van der Waals surface area contributed by atoms with Crippen LogP contribution < -0.4 is 16.0 Å². The number of carbonyl (C=O) groups is 1. The second-order valence-electron chi connectivity index (χ2n) is 6.41. The molecule has 1 aromatic carbocycles. The van der Waals surface area contributed by atoms with Gasteiger partial charge in [0.25, 0.3) is 5.69 Å². The number of anilines is 1. The second kappa shape index (κ2) is 8.16. The van der Waals surface area contributed by atoms with Gasteiger partial charge >= 0.3 is 0 Å². The smallest absolute Gasteiger partial charge is 0.270 e. The first kappa shape index (κ1) is 18.8. The van der Waals surface area contributed by atoms with Crippen LogP contribution in [0.5, 0.6) is 0 Å². The predicted octanol–water partition coefficient (Wildman–Crippen LogP) is 1.79. The van der Waals surface area contributed by atoms with Gasteiger partial charge in [0, 0.05) is 42.6 Å². The van der Waals surface area contributed by atoms with Crippen molar-refractivity contribution < 1.29 is 9.72 Å². The highest BCUT2D eigenvalue weighted by atomic mass is 32.1. The fraction of sp³-hybridized carbons (Fsp3) is 0.333. The molecule has 1 fully saturated rings. The van der Waals surface area contributed by atoms with E-state index >= 15 is 0 Å². The van der Waals surface area contributed by atoms with Crippen molar-refractivity contribution in [3.8, 4) is 6.07 Å². The van der Waals surface area contributed by atoms with Gasteiger partial charge in [0.2, 0.25) is 5.91 Å². The molecule has 1 saturated heterocycles. The number of benzene rings is 1. The maximum absolute atomic E-state index is 11.8. The molecule has 2 heterocycles. The standard InChI is InChI=1S/C18H19N5O3S/c19-10-12-8-14(23(25)26)3-4-17(12)22-6-5-13(11-22)21-16(18(20)24)9-15-2-1-7-27-15/h1-4,7-8,13,16,21H,5-6,9,11H2,(H2,20,24)/t13-,16-/m0/s1. The number of nitrogens with two attached hydrogens (primary N) is 1. The van der Waals surface area contributed by atoms with Crippen molar-refractivity contribution in [3.63, 3.8) is 0 Å². The summed E-state index contributed by atoms with van der Waals surface area (Å²) >= 11 is 1.58. The van der Waals surface area contributed by atoms with Crippen molar-refractivity contribution in [2.75, 3.05) is 18.0 Å². The van der Waals surface area contributed by atoms with E-state index in [9.17, 15) is 20.2 Å². The number of amides is 1. The van der Waals surface area contributed by atoms with Gasteiger partial charge in [0.1, 0.15) is 6.07 Å². The molecule has 0 aliphatic carbocycles. The first-order chi connectivity index (χ1) is 13.0. The highest BCUT2D eigenvalue weighted by molar-refractivity contribution is 7.09. The molecule has 0 radical (unpaired) electrons. The number of nitro groups is 1. The predicted molar refractivity (Wildman–Crippen MR) is 103 cm³/mol. The Kier molecular flexibility index (Phi) is 5.69. The van der Waals surface area contributed by atoms with Crippen LogP contribution in [0.1, 0.15) is 16.9 Å². The lowest BCUT2D eigenvalue weighted by atomic mass is 10.1. The maximum Gasteiger partial charge on any atom is 0.270 e. The van der Waals surface area contributed by atoms with E-state index in [0.29, 0.717) is 25.2 Å². The van der Waals surface area contributed by atoms with Crippen molar-refractivity contribution >= 4 is 28.6 Å². The van der Waals surface area contributed by atoms with Gasteiger partial charge in [-0.05, 0) is 23.9 Å². The largest absolute Gasteiger partial charge is 0.369 e. The molecule has 0 spiro atoms. The summed E-state index contributed by atoms with van der Waals surface area (Å²) < 4.78 is 0. The molecule has 0 saturated carbocycles. The van der Waals surface area contributed by atoms with E-state index in [-0.39, 0.29) is 17.3 Å². The zero-order chi connectivity index (χ0) is 19.4. The van der Waals surface area contributed by atoms with Gasteiger partial charge in [-0.3, -0.25) is 14.9 Å². The van der Waals surface area contributed by atoms with E-state index in [2.05, 4.69) is 5.32 Å². The molecular weight excluding hydrogens is 366 g/mol. The average molecular weight is 385 g/mol. The van der Waals surface area contributed by atoms with Crippen LogP contribution in [0.2, 0.25) is 0 Å². The molecule has 0 bridgehead atoms. The number of nitriles is 1. The normalized spacial score (nSPS) is 17.4. The number of nitrogens with zero attached hydrogens (tertiary/aromatic N) is 3. The minimum Gasteiger partial charge on any atom is -0.369 e. The first-order valence-electron chi connectivity index (χ1n) is 8.49. The number of hydrogen-bond donors (Lipinski definition) is 2. The Hall–Kier alpha value is -2.96. The van der Waals surface area contributed by atoms with E-state index in [1.165, 1.54) is 12.1 Å². The van der Waals surface area contributed by atoms with Gasteiger partial charge in [-0.15, -0.1) is 11.3 Å². The van der Waals surface area contributed by atoms with Crippen LogP contribution in [0.4, 0.5) is 11.4 Å². The van der Waals surface area contributed by atoms with E-state index in [1.807, 2.05) is 28.5 Å². The molecule has 1 aromatic heterocycles. The summed E-state index contributed by atoms with van der Waals surface area (Å²) in [4.78, 5) is 25.3. The van der Waals surface area contributed by atoms with Crippen LogP contribution >= 0.6 is 11.3 Å². The van der Waals surface area contributed by atoms with E-state index in [4.69, 9.17) is 5.73 Å². The number of non-ortho nitro benzene ring substituents is 1. The van der Waals surface area contributed by atoms with Crippen molar-refractivity contribution in [2.45, 2.75) is 24.9 Å². The fourth-order valence-electron chi connectivity index (χ4n) is 3.27. The van der Waals surface area contributed by atoms with Crippen LogP contribution in [-0.2, 0) is 11.2 Å². The van der Waals surface area contributed by atoms with Crippen LogP contribution in [0, 0.1) is 21.4 Å². The fourth-order valence-corrected chi connectivity index (χ4v) is 4.03. The van der Waals surface area contributed by atoms with Crippen molar-refractivity contribution in [1.82, 2.24) is 5.32 Å². The summed E-state index contributed by atoms with van der Waals surface area (Å²) in [6.07, 6.45) is 1.33. The Morgan fingerprint density at radius 3 is 2.96 bits per heavy atom. The van der Waals surface area contributed by atoms with Crippen LogP contribution in [-0.4, -0.2) is 36.0 Å². The first-order valence-corrected chi connectivity index (χ1v) is 9.37. The van der Waals surface area contributed by atoms with Gasteiger partial charge in [-0.1, -0.05) is 6.07 Å². The Labute approximate surface area is 160 Å². The lowest BCUT2D eigenvalue weighted by Crippen LogP contribution is -2.48. The molecule has 2 atom stereocenters. The second-order valence-corrected chi connectivity index (χ2v) is 7.44. The van der Waals surface area contributed by atoms with Gasteiger partial charge < -0.3 is 16.0 Å². The van der Waals surface area contributed by atoms with Gasteiger partial charge in [0.05, 0.1) is 22.2 Å². The summed E-state index contributed by atoms with van der Waals surface area (Å²) in [5.74, 6) is -0.394. The molecule has 1 amide bonds. The number of nitro benzene ring substituents is 1. The molecule has 27 heavy (non-hydrogen) atoms. The minimum atomic E-state index is -0.513. The number of primary amides is 1. The molecule has 1 aliphatic heterocycles. The van der Waals surface area contributed by atoms with Crippen molar-refractivity contribution in [3.05, 3.63) is 56.3 Å². The van der Waals surface area contributed by atoms with Crippen molar-refractivity contribution in [1.29, 1.82) is 5.26 Å². The monoisotopic (exact) mass is 385 g/mol. The lowest BCUT2D eigenvalue weighted by Gasteiger charge is -2.22. The SMILES string of the molecule is N#Cc1cc([N+](=O)[O-])ccc1N1CC[C@H](N[C@@H](Cc2cccs2)C(N)=O)C1. The lowest BCUT2D eigenvalue weighted by molar-refractivity contribution is -0.384. The number of thiophene rings is 1. The van der Waals surface area contributed by atoms with E-state index in [1.54, 1.807) is 17.4 Å². The topological polar surface area (TPSA) is 125 Å². The number of nitrogens with one attached hydrogen (secondary N) is 1. The highest BCUT2D eigenvalue weighted by Gasteiger charge is 2.28. The Morgan fingerprint density at radius 2 is 2.33 bits per heavy atom. The molecule has 1 aliphatic rings. The molecule has 3 N–H and O–H groups in total. The Balaban J connectivity index is 1.68. The molecule has 8 nitrogen and oxygen atoms in total. The average Bonchev–Trinajstić information content (AvgIpc) is 3.32. The van der Waals surface area contributed by atoms with Crippen LogP contribution in [0.25, 0.3) is 0 Å². The third-order valence-electron chi connectivity index (χ3n) is 4.61. The van der Waals surface area contributed by atoms with E-state index < -0.39 is 16.9 Å². The highest BCUT2D eigenvalue weighted by Crippen LogP contribution is 2.28. The zero-order valence-electron chi connectivity index (χ0n) is 14.5. The molecular formula is C18H19N5O3S. The Morgan fingerprint density at radius 1 is 1.52 bits per heavy atom. The quantitative estimate of drug-likeness (QED) is 0.553. The molecule has 9 heteroatoms. The third-order valence-corrected chi connectivity index (χ3v) is 5.50. The van der Waals surface area contributed by atoms with E-state index in [0.717, 1.165) is 11.3 Å². The minimum absolute atomic E-state index is 0.0456. The molecule has 0 unspecified atom stereocenters. The van der Waals surface area contributed by atoms with Crippen molar-refractivity contribution in [2.24, 2.45) is 5.73 Å². The zero-order valence-corrected chi connectivity index (χ0v) is 15.3. The molecule has 140 valence electrons.